The highest BCUT2D eigenvalue weighted by Gasteiger charge is 2.22. The fourth-order valence-corrected chi connectivity index (χ4v) is 2.88. The van der Waals surface area contributed by atoms with Crippen LogP contribution in [0.1, 0.15) is 6.92 Å². The van der Waals surface area contributed by atoms with E-state index in [-0.39, 0.29) is 15.8 Å². The van der Waals surface area contributed by atoms with E-state index in [1.807, 2.05) is 0 Å². The quantitative estimate of drug-likeness (QED) is 0.680. The third-order valence-corrected chi connectivity index (χ3v) is 4.08. The van der Waals surface area contributed by atoms with Gasteiger partial charge in [-0.15, -0.1) is 0 Å². The zero-order chi connectivity index (χ0) is 16.0. The maximum absolute atomic E-state index is 10.9. The van der Waals surface area contributed by atoms with Crippen LogP contribution in [0.3, 0.4) is 0 Å². The molecule has 0 saturated heterocycles. The van der Waals surface area contributed by atoms with E-state index in [4.69, 9.17) is 49.1 Å². The second kappa shape index (κ2) is 5.54. The molecule has 7 heteroatoms. The number of furan rings is 1. The van der Waals surface area contributed by atoms with Crippen LogP contribution in [0.5, 0.6) is 5.75 Å². The smallest absolute Gasteiger partial charge is 0.344 e. The number of carbonyl (C=O) groups is 1. The summed E-state index contributed by atoms with van der Waals surface area (Å²) in [6.45, 7) is 1.39. The summed E-state index contributed by atoms with van der Waals surface area (Å²) in [6.07, 6.45) is -1.09. The van der Waals surface area contributed by atoms with Gasteiger partial charge in [-0.3, -0.25) is 0 Å². The molecule has 1 unspecified atom stereocenters. The Balaban J connectivity index is 2.24. The van der Waals surface area contributed by atoms with E-state index in [0.29, 0.717) is 21.6 Å². The zero-order valence-corrected chi connectivity index (χ0v) is 13.5. The number of carboxylic acids is 1. The molecule has 1 aromatic heterocycles. The van der Waals surface area contributed by atoms with Gasteiger partial charge in [0.15, 0.2) is 17.4 Å². The van der Waals surface area contributed by atoms with Gasteiger partial charge in [0, 0.05) is 21.9 Å². The highest BCUT2D eigenvalue weighted by atomic mass is 35.5. The van der Waals surface area contributed by atoms with Gasteiger partial charge >= 0.3 is 5.97 Å². The van der Waals surface area contributed by atoms with Gasteiger partial charge in [-0.2, -0.15) is 0 Å². The van der Waals surface area contributed by atoms with Crippen molar-refractivity contribution in [3.05, 3.63) is 39.3 Å². The number of aliphatic carboxylic acids is 1. The Kier molecular flexibility index (Phi) is 3.85. The second-order valence-corrected chi connectivity index (χ2v) is 5.94. The lowest BCUT2D eigenvalue weighted by molar-refractivity contribution is -0.144. The van der Waals surface area contributed by atoms with Crippen molar-refractivity contribution in [3.8, 4) is 5.75 Å². The molecule has 0 saturated carbocycles. The average Bonchev–Trinajstić information content (AvgIpc) is 2.80. The maximum atomic E-state index is 10.9. The molecule has 0 radical (unpaired) electrons. The monoisotopic (exact) mass is 358 g/mol. The maximum Gasteiger partial charge on any atom is 0.344 e. The molecule has 0 spiro atoms. The molecule has 2 aromatic carbocycles. The van der Waals surface area contributed by atoms with E-state index in [1.54, 1.807) is 24.3 Å². The van der Waals surface area contributed by atoms with Crippen LogP contribution in [0.2, 0.25) is 15.1 Å². The van der Waals surface area contributed by atoms with Crippen molar-refractivity contribution >= 4 is 62.7 Å². The molecular weight excluding hydrogens is 351 g/mol. The van der Waals surface area contributed by atoms with Crippen molar-refractivity contribution in [1.82, 2.24) is 0 Å². The Morgan fingerprint density at radius 3 is 2.64 bits per heavy atom. The first-order valence-electron chi connectivity index (χ1n) is 6.27. The number of rotatable bonds is 3. The van der Waals surface area contributed by atoms with Gasteiger partial charge in [-0.1, -0.05) is 34.8 Å². The summed E-state index contributed by atoms with van der Waals surface area (Å²) in [5.41, 5.74) is 0.930. The van der Waals surface area contributed by atoms with Crippen molar-refractivity contribution in [2.24, 2.45) is 0 Å². The number of carboxylic acid groups (broad SMARTS) is 1. The number of fused-ring (bicyclic) bond motifs is 3. The number of benzene rings is 2. The lowest BCUT2D eigenvalue weighted by atomic mass is 10.1. The largest absolute Gasteiger partial charge is 0.479 e. The van der Waals surface area contributed by atoms with Crippen LogP contribution in [0.25, 0.3) is 21.9 Å². The first kappa shape index (κ1) is 15.3. The molecule has 3 aromatic rings. The van der Waals surface area contributed by atoms with Crippen LogP contribution >= 0.6 is 34.8 Å². The number of hydrogen-bond acceptors (Lipinski definition) is 3. The van der Waals surface area contributed by atoms with Crippen LogP contribution < -0.4 is 4.74 Å². The van der Waals surface area contributed by atoms with E-state index in [0.717, 1.165) is 5.39 Å². The fraction of sp³-hybridized carbons (Fsp3) is 0.133. The summed E-state index contributed by atoms with van der Waals surface area (Å²) < 4.78 is 11.0. The van der Waals surface area contributed by atoms with Crippen LogP contribution in [0.15, 0.2) is 28.7 Å². The molecule has 0 bridgehead atoms. The molecule has 22 heavy (non-hydrogen) atoms. The molecular formula is C15H9Cl3O4. The SMILES string of the molecule is CC(Oc1c(Cl)cc2c(oc3cc(Cl)ccc32)c1Cl)C(=O)O. The van der Waals surface area contributed by atoms with E-state index < -0.39 is 12.1 Å². The molecule has 1 N–H and O–H groups in total. The van der Waals surface area contributed by atoms with Crippen molar-refractivity contribution < 1.29 is 19.1 Å². The van der Waals surface area contributed by atoms with Gasteiger partial charge in [0.05, 0.1) is 5.02 Å². The zero-order valence-electron chi connectivity index (χ0n) is 11.2. The first-order valence-corrected chi connectivity index (χ1v) is 7.41. The molecule has 0 amide bonds. The number of halogens is 3. The molecule has 114 valence electrons. The Hall–Kier alpha value is -1.62. The number of hydrogen-bond donors (Lipinski definition) is 1. The molecule has 0 aliphatic heterocycles. The summed E-state index contributed by atoms with van der Waals surface area (Å²) in [5.74, 6) is -1.04. The highest BCUT2D eigenvalue weighted by Crippen LogP contribution is 2.43. The summed E-state index contributed by atoms with van der Waals surface area (Å²) >= 11 is 18.4. The minimum atomic E-state index is -1.12. The van der Waals surface area contributed by atoms with Crippen LogP contribution in [0.4, 0.5) is 0 Å². The summed E-state index contributed by atoms with van der Waals surface area (Å²) in [7, 11) is 0. The van der Waals surface area contributed by atoms with Gasteiger partial charge in [0.25, 0.3) is 0 Å². The molecule has 1 heterocycles. The van der Waals surface area contributed by atoms with Crippen LogP contribution in [-0.2, 0) is 4.79 Å². The van der Waals surface area contributed by atoms with E-state index >= 15 is 0 Å². The van der Waals surface area contributed by atoms with Gasteiger partial charge in [0.2, 0.25) is 0 Å². The molecule has 0 aliphatic carbocycles. The normalized spacial score (nSPS) is 12.7. The molecule has 0 aliphatic rings. The topological polar surface area (TPSA) is 59.7 Å². The van der Waals surface area contributed by atoms with Crippen LogP contribution in [0, 0.1) is 0 Å². The number of ether oxygens (including phenoxy) is 1. The minimum absolute atomic E-state index is 0.0795. The Morgan fingerprint density at radius 1 is 1.23 bits per heavy atom. The lowest BCUT2D eigenvalue weighted by Gasteiger charge is -2.13. The van der Waals surface area contributed by atoms with E-state index in [2.05, 4.69) is 0 Å². The van der Waals surface area contributed by atoms with Gasteiger partial charge in [0.1, 0.15) is 10.6 Å². The van der Waals surface area contributed by atoms with Crippen molar-refractivity contribution in [1.29, 1.82) is 0 Å². The third kappa shape index (κ3) is 2.47. The molecule has 0 fully saturated rings. The molecule has 1 atom stereocenters. The van der Waals surface area contributed by atoms with Crippen molar-refractivity contribution in [2.45, 2.75) is 13.0 Å². The Morgan fingerprint density at radius 2 is 1.95 bits per heavy atom. The predicted molar refractivity (Wildman–Crippen MR) is 86.5 cm³/mol. The second-order valence-electron chi connectivity index (χ2n) is 4.72. The Bertz CT molecular complexity index is 901. The summed E-state index contributed by atoms with van der Waals surface area (Å²) in [6, 6.07) is 6.84. The fourth-order valence-electron chi connectivity index (χ4n) is 2.13. The lowest BCUT2D eigenvalue weighted by Crippen LogP contribution is -2.23. The standard InChI is InChI=1S/C15H9Cl3O4/c1-6(15(19)20)21-14-10(17)5-9-8-3-2-7(16)4-11(8)22-13(9)12(14)18/h2-6H,1H3,(H,19,20). The summed E-state index contributed by atoms with van der Waals surface area (Å²) in [4.78, 5) is 10.9. The van der Waals surface area contributed by atoms with Crippen molar-refractivity contribution in [2.75, 3.05) is 0 Å². The summed E-state index contributed by atoms with van der Waals surface area (Å²) in [5, 5.41) is 11.3. The Labute approximate surface area is 140 Å². The van der Waals surface area contributed by atoms with Gasteiger partial charge in [-0.25, -0.2) is 4.79 Å². The average molecular weight is 360 g/mol. The highest BCUT2D eigenvalue weighted by molar-refractivity contribution is 6.41. The van der Waals surface area contributed by atoms with E-state index in [1.165, 1.54) is 6.92 Å². The predicted octanol–water partition coefficient (Wildman–Crippen LogP) is 5.40. The van der Waals surface area contributed by atoms with Crippen LogP contribution in [-0.4, -0.2) is 17.2 Å². The van der Waals surface area contributed by atoms with Gasteiger partial charge < -0.3 is 14.3 Å². The molecule has 3 rings (SSSR count). The van der Waals surface area contributed by atoms with E-state index in [9.17, 15) is 4.79 Å². The minimum Gasteiger partial charge on any atom is -0.479 e. The van der Waals surface area contributed by atoms with Crippen molar-refractivity contribution in [3.63, 3.8) is 0 Å². The third-order valence-electron chi connectivity index (χ3n) is 3.22. The first-order chi connectivity index (χ1) is 10.4. The molecule has 4 nitrogen and oxygen atoms in total. The van der Waals surface area contributed by atoms with Gasteiger partial charge in [-0.05, 0) is 25.1 Å².